The summed E-state index contributed by atoms with van der Waals surface area (Å²) in [6, 6.07) is 6.34. The summed E-state index contributed by atoms with van der Waals surface area (Å²) in [4.78, 5) is 8.77. The van der Waals surface area contributed by atoms with Crippen LogP contribution in [0.1, 0.15) is 0 Å². The van der Waals surface area contributed by atoms with Crippen molar-refractivity contribution in [1.29, 1.82) is 0 Å². The molecule has 2 rings (SSSR count). The van der Waals surface area contributed by atoms with E-state index in [-0.39, 0.29) is 4.90 Å². The first-order valence-corrected chi connectivity index (χ1v) is 7.60. The van der Waals surface area contributed by atoms with Gasteiger partial charge in [0.05, 0.1) is 4.90 Å². The highest BCUT2D eigenvalue weighted by Gasteiger charge is 2.13. The molecule has 1 heterocycles. The first-order valence-electron chi connectivity index (χ1n) is 5.30. The van der Waals surface area contributed by atoms with E-state index in [9.17, 15) is 8.42 Å². The van der Waals surface area contributed by atoms with Gasteiger partial charge in [0, 0.05) is 16.8 Å². The number of nitrogen functional groups attached to an aromatic ring is 1. The Hall–Kier alpha value is -1.64. The molecular weight excluding hydrogens is 284 g/mol. The molecule has 3 N–H and O–H groups in total. The number of nitrogens with two attached hydrogens (primary N) is 1. The lowest BCUT2D eigenvalue weighted by molar-refractivity contribution is 0.588. The van der Waals surface area contributed by atoms with Crippen molar-refractivity contribution in [3.8, 4) is 0 Å². The molecule has 100 valence electrons. The van der Waals surface area contributed by atoms with Crippen LogP contribution in [-0.2, 0) is 10.0 Å². The molecule has 0 radical (unpaired) electrons. The van der Waals surface area contributed by atoms with Gasteiger partial charge >= 0.3 is 0 Å². The molecule has 1 aromatic heterocycles. The lowest BCUT2D eigenvalue weighted by atomic mass is 10.3. The fraction of sp³-hybridized carbons (Fsp3) is 0.0909. The molecule has 0 unspecified atom stereocenters. The second-order valence-electron chi connectivity index (χ2n) is 3.56. The minimum Gasteiger partial charge on any atom is -0.398 e. The van der Waals surface area contributed by atoms with Crippen molar-refractivity contribution < 1.29 is 8.42 Å². The summed E-state index contributed by atoms with van der Waals surface area (Å²) in [5, 5.41) is 0.742. The quantitative estimate of drug-likeness (QED) is 0.648. The molecule has 0 fully saturated rings. The van der Waals surface area contributed by atoms with Gasteiger partial charge in [-0.2, -0.15) is 0 Å². The Morgan fingerprint density at radius 3 is 2.68 bits per heavy atom. The zero-order valence-electron chi connectivity index (χ0n) is 10.1. The Morgan fingerprint density at radius 2 is 2.11 bits per heavy atom. The van der Waals surface area contributed by atoms with Crippen molar-refractivity contribution in [3.05, 3.63) is 36.8 Å². The summed E-state index contributed by atoms with van der Waals surface area (Å²) in [6.07, 6.45) is 3.07. The minimum absolute atomic E-state index is 0.138. The number of anilines is 1. The molecule has 1 aromatic carbocycles. The van der Waals surface area contributed by atoms with Crippen LogP contribution in [0.25, 0.3) is 0 Å². The standard InChI is InChI=1S/C11H12N4O2S2/c1-13-19(16,17)8-2-3-10(9(12)6-8)18-11-4-5-14-7-15-11/h2-7,13H,12H2,1H3. The molecule has 2 aromatic rings. The third kappa shape index (κ3) is 3.22. The van der Waals surface area contributed by atoms with E-state index < -0.39 is 10.0 Å². The highest BCUT2D eigenvalue weighted by molar-refractivity contribution is 7.99. The number of nitrogens with zero attached hydrogens (tertiary/aromatic N) is 2. The Labute approximate surface area is 115 Å². The molecule has 8 heteroatoms. The van der Waals surface area contributed by atoms with Crippen LogP contribution < -0.4 is 10.5 Å². The minimum atomic E-state index is -3.48. The maximum atomic E-state index is 11.6. The van der Waals surface area contributed by atoms with E-state index in [4.69, 9.17) is 5.73 Å². The predicted octanol–water partition coefficient (Wildman–Crippen LogP) is 1.12. The van der Waals surface area contributed by atoms with E-state index in [2.05, 4.69) is 14.7 Å². The van der Waals surface area contributed by atoms with Gasteiger partial charge in [0.1, 0.15) is 11.4 Å². The first-order chi connectivity index (χ1) is 9.03. The molecule has 0 atom stereocenters. The first kappa shape index (κ1) is 13.8. The van der Waals surface area contributed by atoms with E-state index in [1.54, 1.807) is 18.3 Å². The highest BCUT2D eigenvalue weighted by atomic mass is 32.2. The lowest BCUT2D eigenvalue weighted by Gasteiger charge is -2.07. The summed E-state index contributed by atoms with van der Waals surface area (Å²) < 4.78 is 25.5. The molecule has 6 nitrogen and oxygen atoms in total. The Balaban J connectivity index is 2.31. The summed E-state index contributed by atoms with van der Waals surface area (Å²) in [5.74, 6) is 0. The molecule has 19 heavy (non-hydrogen) atoms. The number of sulfonamides is 1. The van der Waals surface area contributed by atoms with Gasteiger partial charge < -0.3 is 5.73 Å². The van der Waals surface area contributed by atoms with Crippen LogP contribution in [0.3, 0.4) is 0 Å². The number of rotatable bonds is 4. The third-order valence-electron chi connectivity index (χ3n) is 2.33. The SMILES string of the molecule is CNS(=O)(=O)c1ccc(Sc2ccncn2)c(N)c1. The Bertz CT molecular complexity index is 674. The maximum Gasteiger partial charge on any atom is 0.240 e. The summed E-state index contributed by atoms with van der Waals surface area (Å²) in [5.41, 5.74) is 6.25. The van der Waals surface area contributed by atoms with Gasteiger partial charge in [-0.05, 0) is 31.3 Å². The van der Waals surface area contributed by atoms with Gasteiger partial charge in [-0.25, -0.2) is 23.1 Å². The number of aromatic nitrogens is 2. The van der Waals surface area contributed by atoms with E-state index in [0.29, 0.717) is 5.69 Å². The number of hydrogen-bond donors (Lipinski definition) is 2. The molecule has 0 aliphatic heterocycles. The molecule has 0 bridgehead atoms. The van der Waals surface area contributed by atoms with Crippen LogP contribution in [0.5, 0.6) is 0 Å². The molecular formula is C11H12N4O2S2. The van der Waals surface area contributed by atoms with Crippen LogP contribution in [0, 0.1) is 0 Å². The zero-order valence-corrected chi connectivity index (χ0v) is 11.7. The van der Waals surface area contributed by atoms with E-state index in [1.807, 2.05) is 0 Å². The van der Waals surface area contributed by atoms with Gasteiger partial charge in [-0.1, -0.05) is 11.8 Å². The number of nitrogens with one attached hydrogen (secondary N) is 1. The van der Waals surface area contributed by atoms with Crippen LogP contribution in [-0.4, -0.2) is 25.4 Å². The second-order valence-corrected chi connectivity index (χ2v) is 6.51. The van der Waals surface area contributed by atoms with E-state index in [0.717, 1.165) is 9.92 Å². The predicted molar refractivity (Wildman–Crippen MR) is 73.3 cm³/mol. The van der Waals surface area contributed by atoms with Crippen molar-refractivity contribution >= 4 is 27.5 Å². The van der Waals surface area contributed by atoms with Gasteiger partial charge in [-0.15, -0.1) is 0 Å². The van der Waals surface area contributed by atoms with Gasteiger partial charge in [0.25, 0.3) is 0 Å². The van der Waals surface area contributed by atoms with Crippen molar-refractivity contribution in [2.45, 2.75) is 14.8 Å². The number of hydrogen-bond acceptors (Lipinski definition) is 6. The molecule has 0 aliphatic carbocycles. The normalized spacial score (nSPS) is 11.4. The Morgan fingerprint density at radius 1 is 1.32 bits per heavy atom. The average Bonchev–Trinajstić information content (AvgIpc) is 2.42. The van der Waals surface area contributed by atoms with E-state index in [1.165, 1.54) is 37.3 Å². The molecule has 0 saturated carbocycles. The summed E-state index contributed by atoms with van der Waals surface area (Å²) in [7, 11) is -2.12. The van der Waals surface area contributed by atoms with Crippen LogP contribution >= 0.6 is 11.8 Å². The summed E-state index contributed by atoms with van der Waals surface area (Å²) in [6.45, 7) is 0. The lowest BCUT2D eigenvalue weighted by Crippen LogP contribution is -2.18. The van der Waals surface area contributed by atoms with Crippen molar-refractivity contribution in [2.24, 2.45) is 0 Å². The third-order valence-corrected chi connectivity index (χ3v) is 4.78. The van der Waals surface area contributed by atoms with Crippen LogP contribution in [0.2, 0.25) is 0 Å². The monoisotopic (exact) mass is 296 g/mol. The fourth-order valence-electron chi connectivity index (χ4n) is 1.36. The van der Waals surface area contributed by atoms with Crippen LogP contribution in [0.15, 0.2) is 51.6 Å². The Kier molecular flexibility index (Phi) is 4.03. The maximum absolute atomic E-state index is 11.6. The molecule has 0 spiro atoms. The van der Waals surface area contributed by atoms with Crippen molar-refractivity contribution in [1.82, 2.24) is 14.7 Å². The smallest absolute Gasteiger partial charge is 0.240 e. The molecule has 0 saturated heterocycles. The van der Waals surface area contributed by atoms with Crippen LogP contribution in [0.4, 0.5) is 5.69 Å². The topological polar surface area (TPSA) is 98.0 Å². The van der Waals surface area contributed by atoms with Gasteiger partial charge in [0.2, 0.25) is 10.0 Å². The highest BCUT2D eigenvalue weighted by Crippen LogP contribution is 2.31. The van der Waals surface area contributed by atoms with Crippen molar-refractivity contribution in [2.75, 3.05) is 12.8 Å². The fourth-order valence-corrected chi connectivity index (χ4v) is 2.89. The van der Waals surface area contributed by atoms with Gasteiger partial charge in [-0.3, -0.25) is 0 Å². The molecule has 0 aliphatic rings. The van der Waals surface area contributed by atoms with Crippen molar-refractivity contribution in [3.63, 3.8) is 0 Å². The number of benzene rings is 1. The van der Waals surface area contributed by atoms with E-state index >= 15 is 0 Å². The van der Waals surface area contributed by atoms with Gasteiger partial charge in [0.15, 0.2) is 0 Å². The summed E-state index contributed by atoms with van der Waals surface area (Å²) >= 11 is 1.35. The zero-order chi connectivity index (χ0) is 13.9. The largest absolute Gasteiger partial charge is 0.398 e. The molecule has 0 amide bonds. The average molecular weight is 296 g/mol. The second kappa shape index (κ2) is 5.55.